The Bertz CT molecular complexity index is 868. The van der Waals surface area contributed by atoms with Crippen molar-refractivity contribution in [3.63, 3.8) is 0 Å². The third-order valence-electron chi connectivity index (χ3n) is 4.02. The van der Waals surface area contributed by atoms with E-state index in [9.17, 15) is 4.79 Å². The molecular weight excluding hydrogens is 306 g/mol. The van der Waals surface area contributed by atoms with Crippen molar-refractivity contribution in [3.8, 4) is 22.8 Å². The number of aromatic amines is 1. The lowest BCUT2D eigenvalue weighted by molar-refractivity contribution is -0.139. The minimum atomic E-state index is -0.289. The number of fused-ring (bicyclic) bond motifs is 1. The van der Waals surface area contributed by atoms with Gasteiger partial charge in [-0.05, 0) is 17.2 Å². The lowest BCUT2D eigenvalue weighted by Crippen LogP contribution is -2.05. The van der Waals surface area contributed by atoms with E-state index < -0.39 is 0 Å². The van der Waals surface area contributed by atoms with Gasteiger partial charge >= 0.3 is 5.97 Å². The zero-order chi connectivity index (χ0) is 17.1. The number of H-pyrrole nitrogens is 1. The number of hydrogen-bond acceptors (Lipinski definition) is 4. The van der Waals surface area contributed by atoms with Gasteiger partial charge in [0.2, 0.25) is 0 Å². The van der Waals surface area contributed by atoms with Crippen LogP contribution in [0.1, 0.15) is 5.56 Å². The van der Waals surface area contributed by atoms with Crippen LogP contribution >= 0.6 is 0 Å². The Balaban J connectivity index is 2.26. The molecule has 0 aliphatic heterocycles. The summed E-state index contributed by atoms with van der Waals surface area (Å²) in [5, 5.41) is 0.914. The molecule has 24 heavy (non-hydrogen) atoms. The van der Waals surface area contributed by atoms with E-state index in [2.05, 4.69) is 4.98 Å². The molecule has 3 rings (SSSR count). The largest absolute Gasteiger partial charge is 0.493 e. The van der Waals surface area contributed by atoms with Gasteiger partial charge in [0.1, 0.15) is 0 Å². The number of esters is 1. The van der Waals surface area contributed by atoms with E-state index in [1.54, 1.807) is 14.2 Å². The van der Waals surface area contributed by atoms with Crippen molar-refractivity contribution in [1.82, 2.24) is 4.98 Å². The number of methoxy groups -OCH3 is 3. The summed E-state index contributed by atoms with van der Waals surface area (Å²) in [6, 6.07) is 13.6. The minimum absolute atomic E-state index is 0.177. The fourth-order valence-electron chi connectivity index (χ4n) is 2.83. The van der Waals surface area contributed by atoms with Crippen molar-refractivity contribution in [3.05, 3.63) is 48.0 Å². The van der Waals surface area contributed by atoms with E-state index in [-0.39, 0.29) is 12.4 Å². The van der Waals surface area contributed by atoms with Gasteiger partial charge in [-0.3, -0.25) is 4.79 Å². The Hall–Kier alpha value is -2.95. The molecule has 1 heterocycles. The SMILES string of the molecule is COC(=O)Cc1c(-c2ccccc2)[nH]c2cc(OC)c(OC)cc12. The van der Waals surface area contributed by atoms with Crippen LogP contribution in [-0.2, 0) is 16.0 Å². The predicted octanol–water partition coefficient (Wildman–Crippen LogP) is 3.57. The second-order valence-electron chi connectivity index (χ2n) is 5.35. The molecule has 0 fully saturated rings. The quantitative estimate of drug-likeness (QED) is 0.729. The fraction of sp³-hybridized carbons (Fsp3) is 0.211. The monoisotopic (exact) mass is 325 g/mol. The summed E-state index contributed by atoms with van der Waals surface area (Å²) in [5.41, 5.74) is 3.66. The van der Waals surface area contributed by atoms with Crippen molar-refractivity contribution in [2.75, 3.05) is 21.3 Å². The highest BCUT2D eigenvalue weighted by atomic mass is 16.5. The molecule has 0 aliphatic carbocycles. The number of nitrogens with one attached hydrogen (secondary N) is 1. The molecule has 0 aliphatic rings. The summed E-state index contributed by atoms with van der Waals surface area (Å²) < 4.78 is 15.6. The first-order chi connectivity index (χ1) is 11.7. The van der Waals surface area contributed by atoms with Gasteiger partial charge in [0, 0.05) is 11.5 Å². The number of carbonyl (C=O) groups excluding carboxylic acids is 1. The van der Waals surface area contributed by atoms with Crippen LogP contribution in [0, 0.1) is 0 Å². The molecule has 0 amide bonds. The van der Waals surface area contributed by atoms with Crippen LogP contribution in [0.5, 0.6) is 11.5 Å². The highest BCUT2D eigenvalue weighted by Crippen LogP contribution is 2.37. The van der Waals surface area contributed by atoms with E-state index in [1.807, 2.05) is 42.5 Å². The van der Waals surface area contributed by atoms with E-state index in [0.717, 1.165) is 27.7 Å². The van der Waals surface area contributed by atoms with E-state index in [4.69, 9.17) is 14.2 Å². The molecule has 3 aromatic rings. The maximum atomic E-state index is 11.9. The topological polar surface area (TPSA) is 60.6 Å². The highest BCUT2D eigenvalue weighted by molar-refractivity contribution is 5.96. The Morgan fingerprint density at radius 3 is 2.29 bits per heavy atom. The molecule has 0 bridgehead atoms. The lowest BCUT2D eigenvalue weighted by atomic mass is 10.0. The lowest BCUT2D eigenvalue weighted by Gasteiger charge is -2.08. The summed E-state index contributed by atoms with van der Waals surface area (Å²) >= 11 is 0. The fourth-order valence-corrected chi connectivity index (χ4v) is 2.83. The number of benzene rings is 2. The van der Waals surface area contributed by atoms with Gasteiger partial charge in [-0.2, -0.15) is 0 Å². The molecule has 124 valence electrons. The smallest absolute Gasteiger partial charge is 0.310 e. The van der Waals surface area contributed by atoms with Gasteiger partial charge in [-0.1, -0.05) is 30.3 Å². The van der Waals surface area contributed by atoms with Crippen LogP contribution in [0.2, 0.25) is 0 Å². The van der Waals surface area contributed by atoms with Crippen LogP contribution in [0.25, 0.3) is 22.2 Å². The Labute approximate surface area is 140 Å². The number of rotatable bonds is 5. The molecule has 0 unspecified atom stereocenters. The Morgan fingerprint density at radius 1 is 1.00 bits per heavy atom. The standard InChI is InChI=1S/C19H19NO4/c1-22-16-9-13-14(10-18(21)24-3)19(12-7-5-4-6-8-12)20-15(13)11-17(16)23-2/h4-9,11,20H,10H2,1-3H3. The van der Waals surface area contributed by atoms with Gasteiger partial charge in [0.05, 0.1) is 39.0 Å². The molecule has 1 N–H and O–H groups in total. The van der Waals surface area contributed by atoms with Crippen LogP contribution in [0.3, 0.4) is 0 Å². The Kier molecular flexibility index (Phi) is 4.42. The number of aromatic nitrogens is 1. The average molecular weight is 325 g/mol. The summed E-state index contributed by atoms with van der Waals surface area (Å²) in [4.78, 5) is 15.3. The first kappa shape index (κ1) is 15.9. The first-order valence-corrected chi connectivity index (χ1v) is 7.56. The van der Waals surface area contributed by atoms with Crippen LogP contribution in [0.15, 0.2) is 42.5 Å². The maximum Gasteiger partial charge on any atom is 0.310 e. The first-order valence-electron chi connectivity index (χ1n) is 7.56. The van der Waals surface area contributed by atoms with E-state index >= 15 is 0 Å². The van der Waals surface area contributed by atoms with Gasteiger partial charge in [-0.25, -0.2) is 0 Å². The molecule has 5 heteroatoms. The van der Waals surface area contributed by atoms with Crippen molar-refractivity contribution in [2.24, 2.45) is 0 Å². The maximum absolute atomic E-state index is 11.9. The predicted molar refractivity (Wildman–Crippen MR) is 92.6 cm³/mol. The van der Waals surface area contributed by atoms with Crippen molar-refractivity contribution < 1.29 is 19.0 Å². The van der Waals surface area contributed by atoms with E-state index in [1.165, 1.54) is 7.11 Å². The van der Waals surface area contributed by atoms with E-state index in [0.29, 0.717) is 11.5 Å². The normalized spacial score (nSPS) is 10.6. The van der Waals surface area contributed by atoms with Crippen LogP contribution < -0.4 is 9.47 Å². The molecule has 0 atom stereocenters. The molecule has 1 aromatic heterocycles. The van der Waals surface area contributed by atoms with Crippen molar-refractivity contribution >= 4 is 16.9 Å². The third-order valence-corrected chi connectivity index (χ3v) is 4.02. The van der Waals surface area contributed by atoms with Crippen LogP contribution in [-0.4, -0.2) is 32.3 Å². The molecule has 0 saturated heterocycles. The molecule has 0 saturated carbocycles. The second-order valence-corrected chi connectivity index (χ2v) is 5.35. The van der Waals surface area contributed by atoms with Crippen molar-refractivity contribution in [2.45, 2.75) is 6.42 Å². The van der Waals surface area contributed by atoms with Crippen molar-refractivity contribution in [1.29, 1.82) is 0 Å². The van der Waals surface area contributed by atoms with Gasteiger partial charge in [-0.15, -0.1) is 0 Å². The zero-order valence-electron chi connectivity index (χ0n) is 13.9. The molecule has 2 aromatic carbocycles. The number of ether oxygens (including phenoxy) is 3. The van der Waals surface area contributed by atoms with Gasteiger partial charge < -0.3 is 19.2 Å². The molecular formula is C19H19NO4. The third kappa shape index (κ3) is 2.80. The van der Waals surface area contributed by atoms with Gasteiger partial charge in [0.25, 0.3) is 0 Å². The van der Waals surface area contributed by atoms with Gasteiger partial charge in [0.15, 0.2) is 11.5 Å². The zero-order valence-corrected chi connectivity index (χ0v) is 13.9. The number of carbonyl (C=O) groups is 1. The molecule has 5 nitrogen and oxygen atoms in total. The number of hydrogen-bond donors (Lipinski definition) is 1. The Morgan fingerprint density at radius 2 is 1.67 bits per heavy atom. The molecule has 0 spiro atoms. The molecule has 0 radical (unpaired) electrons. The highest BCUT2D eigenvalue weighted by Gasteiger charge is 2.19. The summed E-state index contributed by atoms with van der Waals surface area (Å²) in [7, 11) is 4.58. The minimum Gasteiger partial charge on any atom is -0.493 e. The second kappa shape index (κ2) is 6.66. The summed E-state index contributed by atoms with van der Waals surface area (Å²) in [6.07, 6.45) is 0.177. The van der Waals surface area contributed by atoms with Crippen LogP contribution in [0.4, 0.5) is 0 Å². The summed E-state index contributed by atoms with van der Waals surface area (Å²) in [5.74, 6) is 0.966. The summed E-state index contributed by atoms with van der Waals surface area (Å²) in [6.45, 7) is 0. The average Bonchev–Trinajstić information content (AvgIpc) is 2.98.